The van der Waals surface area contributed by atoms with Crippen LogP contribution in [0, 0.1) is 0 Å². The molecule has 0 amide bonds. The molecule has 2 atom stereocenters. The molecule has 0 saturated heterocycles. The average molecular weight is 196 g/mol. The number of aliphatic hydroxyl groups excluding tert-OH is 2. The summed E-state index contributed by atoms with van der Waals surface area (Å²) >= 11 is 0. The van der Waals surface area contributed by atoms with Gasteiger partial charge in [0.05, 0.1) is 6.61 Å². The van der Waals surface area contributed by atoms with Crippen LogP contribution < -0.4 is 0 Å². The van der Waals surface area contributed by atoms with E-state index in [0.29, 0.717) is 6.61 Å². The fourth-order valence-electron chi connectivity index (χ4n) is 1.32. The fraction of sp³-hybridized carbons (Fsp3) is 0.455. The second-order valence-corrected chi connectivity index (χ2v) is 3.03. The highest BCUT2D eigenvalue weighted by atomic mass is 16.5. The van der Waals surface area contributed by atoms with E-state index in [0.717, 1.165) is 5.56 Å². The minimum atomic E-state index is -0.763. The Balaban J connectivity index is 2.67. The van der Waals surface area contributed by atoms with Crippen LogP contribution in [0.3, 0.4) is 0 Å². The largest absolute Gasteiger partial charge is 0.394 e. The zero-order valence-electron chi connectivity index (χ0n) is 8.26. The van der Waals surface area contributed by atoms with Gasteiger partial charge in [0.2, 0.25) is 0 Å². The fourth-order valence-corrected chi connectivity index (χ4v) is 1.32. The van der Waals surface area contributed by atoms with E-state index in [2.05, 4.69) is 0 Å². The highest BCUT2D eigenvalue weighted by Crippen LogP contribution is 2.18. The van der Waals surface area contributed by atoms with Gasteiger partial charge in [-0.05, 0) is 12.5 Å². The summed E-state index contributed by atoms with van der Waals surface area (Å²) in [6, 6.07) is 9.20. The van der Waals surface area contributed by atoms with Crippen molar-refractivity contribution in [2.24, 2.45) is 0 Å². The quantitative estimate of drug-likeness (QED) is 0.742. The van der Waals surface area contributed by atoms with E-state index in [-0.39, 0.29) is 6.61 Å². The molecule has 0 aliphatic rings. The van der Waals surface area contributed by atoms with Gasteiger partial charge in [-0.3, -0.25) is 0 Å². The molecule has 3 nitrogen and oxygen atoms in total. The van der Waals surface area contributed by atoms with E-state index in [4.69, 9.17) is 9.84 Å². The van der Waals surface area contributed by atoms with Crippen LogP contribution in [-0.4, -0.2) is 29.5 Å². The lowest BCUT2D eigenvalue weighted by molar-refractivity contribution is -0.0605. The first kappa shape index (κ1) is 11.2. The monoisotopic (exact) mass is 196 g/mol. The summed E-state index contributed by atoms with van der Waals surface area (Å²) in [6.07, 6.45) is -1.30. The zero-order valence-corrected chi connectivity index (χ0v) is 8.26. The van der Waals surface area contributed by atoms with Gasteiger partial charge >= 0.3 is 0 Å². The molecule has 0 aromatic heterocycles. The maximum atomic E-state index is 9.83. The van der Waals surface area contributed by atoms with Gasteiger partial charge < -0.3 is 14.9 Å². The maximum absolute atomic E-state index is 9.83. The molecule has 14 heavy (non-hydrogen) atoms. The number of hydrogen-bond donors (Lipinski definition) is 2. The summed E-state index contributed by atoms with van der Waals surface area (Å²) in [5.74, 6) is 0. The smallest absolute Gasteiger partial charge is 0.111 e. The number of ether oxygens (including phenoxy) is 1. The minimum absolute atomic E-state index is 0.177. The number of benzene rings is 1. The molecule has 0 fully saturated rings. The second-order valence-electron chi connectivity index (χ2n) is 3.03. The highest BCUT2D eigenvalue weighted by molar-refractivity contribution is 5.18. The predicted molar refractivity (Wildman–Crippen MR) is 53.9 cm³/mol. The van der Waals surface area contributed by atoms with E-state index in [1.54, 1.807) is 0 Å². The van der Waals surface area contributed by atoms with Crippen molar-refractivity contribution in [2.75, 3.05) is 13.2 Å². The van der Waals surface area contributed by atoms with Gasteiger partial charge in [-0.1, -0.05) is 30.3 Å². The van der Waals surface area contributed by atoms with Crippen molar-refractivity contribution in [1.29, 1.82) is 0 Å². The molecule has 0 bridgehead atoms. The van der Waals surface area contributed by atoms with Crippen molar-refractivity contribution in [2.45, 2.75) is 19.1 Å². The van der Waals surface area contributed by atoms with Gasteiger partial charge in [0, 0.05) is 6.61 Å². The van der Waals surface area contributed by atoms with Crippen LogP contribution in [0.25, 0.3) is 0 Å². The Hall–Kier alpha value is -0.900. The maximum Gasteiger partial charge on any atom is 0.111 e. The van der Waals surface area contributed by atoms with Gasteiger partial charge in [-0.25, -0.2) is 0 Å². The van der Waals surface area contributed by atoms with E-state index in [1.165, 1.54) is 0 Å². The van der Waals surface area contributed by atoms with E-state index in [1.807, 2.05) is 37.3 Å². The molecule has 0 unspecified atom stereocenters. The Morgan fingerprint density at radius 2 is 1.93 bits per heavy atom. The molecule has 1 aromatic rings. The van der Waals surface area contributed by atoms with Crippen LogP contribution in [0.15, 0.2) is 30.3 Å². The third-order valence-corrected chi connectivity index (χ3v) is 2.05. The summed E-state index contributed by atoms with van der Waals surface area (Å²) in [7, 11) is 0. The van der Waals surface area contributed by atoms with E-state index >= 15 is 0 Å². The van der Waals surface area contributed by atoms with Crippen LogP contribution in [0.1, 0.15) is 18.6 Å². The van der Waals surface area contributed by atoms with Crippen molar-refractivity contribution in [3.8, 4) is 0 Å². The van der Waals surface area contributed by atoms with Crippen LogP contribution in [0.5, 0.6) is 0 Å². The molecule has 0 radical (unpaired) electrons. The third-order valence-electron chi connectivity index (χ3n) is 2.05. The average Bonchev–Trinajstić information content (AvgIpc) is 2.26. The molecule has 78 valence electrons. The van der Waals surface area contributed by atoms with Crippen LogP contribution in [0.4, 0.5) is 0 Å². The molecule has 0 aliphatic heterocycles. The lowest BCUT2D eigenvalue weighted by atomic mass is 10.1. The summed E-state index contributed by atoms with van der Waals surface area (Å²) in [6.45, 7) is 2.14. The zero-order chi connectivity index (χ0) is 10.4. The second kappa shape index (κ2) is 5.75. The van der Waals surface area contributed by atoms with Crippen molar-refractivity contribution >= 4 is 0 Å². The first-order chi connectivity index (χ1) is 6.79. The third kappa shape index (κ3) is 2.80. The Labute approximate surface area is 84.0 Å². The first-order valence-electron chi connectivity index (χ1n) is 4.75. The highest BCUT2D eigenvalue weighted by Gasteiger charge is 2.19. The summed E-state index contributed by atoms with van der Waals surface area (Å²) in [5.41, 5.74) is 0.764. The molecule has 1 rings (SSSR count). The van der Waals surface area contributed by atoms with Gasteiger partial charge in [-0.2, -0.15) is 0 Å². The number of rotatable bonds is 5. The van der Waals surface area contributed by atoms with Crippen molar-refractivity contribution in [1.82, 2.24) is 0 Å². The van der Waals surface area contributed by atoms with Crippen LogP contribution in [0.2, 0.25) is 0 Å². The molecule has 1 aromatic carbocycles. The Morgan fingerprint density at radius 1 is 1.29 bits per heavy atom. The minimum Gasteiger partial charge on any atom is -0.394 e. The van der Waals surface area contributed by atoms with E-state index in [9.17, 15) is 5.11 Å². The topological polar surface area (TPSA) is 49.7 Å². The van der Waals surface area contributed by atoms with E-state index < -0.39 is 12.2 Å². The molecule has 0 heterocycles. The van der Waals surface area contributed by atoms with Crippen LogP contribution >= 0.6 is 0 Å². The summed E-state index contributed by atoms with van der Waals surface area (Å²) < 4.78 is 5.21. The van der Waals surface area contributed by atoms with Crippen molar-refractivity contribution in [3.05, 3.63) is 35.9 Å². The van der Waals surface area contributed by atoms with Crippen LogP contribution in [-0.2, 0) is 4.74 Å². The lowest BCUT2D eigenvalue weighted by Gasteiger charge is -2.20. The molecular weight excluding hydrogens is 180 g/mol. The number of aliphatic hydroxyl groups is 2. The van der Waals surface area contributed by atoms with Gasteiger partial charge in [0.15, 0.2) is 0 Å². The lowest BCUT2D eigenvalue weighted by Crippen LogP contribution is -2.26. The Bertz CT molecular complexity index is 248. The standard InChI is InChI=1S/C11H16O3/c1-2-14-10(8-12)11(13)9-6-4-3-5-7-9/h3-7,10-13H,2,8H2,1H3/t10-,11+/m0/s1. The predicted octanol–water partition coefficient (Wildman–Crippen LogP) is 1.12. The Kier molecular flexibility index (Phi) is 4.59. The molecule has 0 saturated carbocycles. The molecular formula is C11H16O3. The first-order valence-corrected chi connectivity index (χ1v) is 4.75. The molecule has 2 N–H and O–H groups in total. The van der Waals surface area contributed by atoms with Crippen molar-refractivity contribution in [3.63, 3.8) is 0 Å². The Morgan fingerprint density at radius 3 is 2.43 bits per heavy atom. The van der Waals surface area contributed by atoms with Gasteiger partial charge in [0.25, 0.3) is 0 Å². The molecule has 0 aliphatic carbocycles. The van der Waals surface area contributed by atoms with Crippen molar-refractivity contribution < 1.29 is 14.9 Å². The SMILES string of the molecule is CCO[C@@H](CO)[C@H](O)c1ccccc1. The summed E-state index contributed by atoms with van der Waals surface area (Å²) in [4.78, 5) is 0. The number of hydrogen-bond acceptors (Lipinski definition) is 3. The van der Waals surface area contributed by atoms with Gasteiger partial charge in [0.1, 0.15) is 12.2 Å². The van der Waals surface area contributed by atoms with Gasteiger partial charge in [-0.15, -0.1) is 0 Å². The summed E-state index contributed by atoms with van der Waals surface area (Å²) in [5, 5.41) is 18.8. The molecule has 0 spiro atoms. The molecule has 3 heteroatoms. The normalized spacial score (nSPS) is 15.1.